The quantitative estimate of drug-likeness (QED) is 0.750. The van der Waals surface area contributed by atoms with E-state index in [1.807, 2.05) is 12.5 Å². The molecule has 1 saturated heterocycles. The Morgan fingerprint density at radius 2 is 1.85 bits per heavy atom. The van der Waals surface area contributed by atoms with Gasteiger partial charge in [0.2, 0.25) is 0 Å². The highest BCUT2D eigenvalue weighted by Gasteiger charge is 2.32. The fraction of sp³-hybridized carbons (Fsp3) is 0.857. The van der Waals surface area contributed by atoms with Gasteiger partial charge in [-0.15, -0.1) is 23.5 Å². The molecule has 2 amide bonds. The van der Waals surface area contributed by atoms with Crippen molar-refractivity contribution >= 4 is 29.6 Å². The van der Waals surface area contributed by atoms with Crippen LogP contribution in [0, 0.1) is 0 Å². The highest BCUT2D eigenvalue weighted by Crippen LogP contribution is 2.25. The number of nitrogens with zero attached hydrogens (tertiary/aromatic N) is 1. The molecule has 2 N–H and O–H groups in total. The van der Waals surface area contributed by atoms with Gasteiger partial charge in [-0.3, -0.25) is 4.90 Å². The number of primary amides is 1. The molecular weight excluding hydrogens is 208 g/mol. The number of rotatable bonds is 2. The lowest BCUT2D eigenvalue weighted by Crippen LogP contribution is -2.54. The number of morpholine rings is 1. The van der Waals surface area contributed by atoms with Gasteiger partial charge in [0.15, 0.2) is 0 Å². The largest absolute Gasteiger partial charge is 0.375 e. The standard InChI is InChI=1S/C7H14N2O2S2/c1-12-5-3-11-4-6(13-2)9(5)7(8)10/h5-6H,3-4H2,1-2H3,(H2,8,10). The van der Waals surface area contributed by atoms with E-state index in [-0.39, 0.29) is 16.8 Å². The molecule has 76 valence electrons. The average Bonchev–Trinajstić information content (AvgIpc) is 2.16. The summed E-state index contributed by atoms with van der Waals surface area (Å²) in [5, 5.41) is 0.118. The second kappa shape index (κ2) is 4.97. The zero-order valence-corrected chi connectivity index (χ0v) is 9.36. The van der Waals surface area contributed by atoms with Gasteiger partial charge in [-0.1, -0.05) is 0 Å². The zero-order valence-electron chi connectivity index (χ0n) is 7.73. The summed E-state index contributed by atoms with van der Waals surface area (Å²) in [6.07, 6.45) is 3.90. The SMILES string of the molecule is CSC1COCC(SC)N1C(N)=O. The summed E-state index contributed by atoms with van der Waals surface area (Å²) >= 11 is 3.18. The van der Waals surface area contributed by atoms with E-state index in [0.717, 1.165) is 0 Å². The molecule has 2 atom stereocenters. The Kier molecular flexibility index (Phi) is 4.21. The van der Waals surface area contributed by atoms with E-state index < -0.39 is 0 Å². The Bertz CT molecular complexity index is 179. The first-order chi connectivity index (χ1) is 6.20. The van der Waals surface area contributed by atoms with Crippen LogP contribution in [0.3, 0.4) is 0 Å². The maximum atomic E-state index is 11.2. The average molecular weight is 222 g/mol. The fourth-order valence-corrected chi connectivity index (χ4v) is 2.76. The van der Waals surface area contributed by atoms with Gasteiger partial charge in [-0.2, -0.15) is 0 Å². The first kappa shape index (κ1) is 11.0. The van der Waals surface area contributed by atoms with Crippen LogP contribution >= 0.6 is 23.5 Å². The molecule has 1 aliphatic rings. The van der Waals surface area contributed by atoms with Crippen LogP contribution in [0.4, 0.5) is 4.79 Å². The van der Waals surface area contributed by atoms with Crippen LogP contribution in [0.5, 0.6) is 0 Å². The summed E-state index contributed by atoms with van der Waals surface area (Å²) in [5.41, 5.74) is 5.30. The van der Waals surface area contributed by atoms with Crippen molar-refractivity contribution in [2.45, 2.75) is 10.7 Å². The van der Waals surface area contributed by atoms with Crippen LogP contribution in [0.25, 0.3) is 0 Å². The lowest BCUT2D eigenvalue weighted by molar-refractivity contribution is 0.0325. The molecule has 0 bridgehead atoms. The summed E-state index contributed by atoms with van der Waals surface area (Å²) < 4.78 is 5.37. The molecule has 0 aromatic carbocycles. The third kappa shape index (κ3) is 2.45. The molecule has 0 aromatic rings. The van der Waals surface area contributed by atoms with Gasteiger partial charge in [0, 0.05) is 0 Å². The number of carbonyl (C=O) groups is 1. The number of amides is 2. The molecule has 1 fully saturated rings. The summed E-state index contributed by atoms with van der Waals surface area (Å²) in [4.78, 5) is 12.9. The van der Waals surface area contributed by atoms with Crippen LogP contribution in [-0.4, -0.2) is 47.4 Å². The van der Waals surface area contributed by atoms with E-state index >= 15 is 0 Å². The molecule has 2 unspecified atom stereocenters. The Morgan fingerprint density at radius 3 is 2.15 bits per heavy atom. The topological polar surface area (TPSA) is 55.6 Å². The zero-order chi connectivity index (χ0) is 9.84. The van der Waals surface area contributed by atoms with Crippen molar-refractivity contribution in [3.8, 4) is 0 Å². The second-order valence-electron chi connectivity index (χ2n) is 2.66. The van der Waals surface area contributed by atoms with Crippen molar-refractivity contribution in [2.75, 3.05) is 25.7 Å². The maximum absolute atomic E-state index is 11.2. The molecule has 1 rings (SSSR count). The Labute approximate surface area is 86.5 Å². The van der Waals surface area contributed by atoms with Crippen molar-refractivity contribution in [3.63, 3.8) is 0 Å². The molecule has 0 aliphatic carbocycles. The van der Waals surface area contributed by atoms with Gasteiger partial charge >= 0.3 is 6.03 Å². The molecule has 0 spiro atoms. The molecule has 6 heteroatoms. The van der Waals surface area contributed by atoms with Crippen LogP contribution in [-0.2, 0) is 4.74 Å². The fourth-order valence-electron chi connectivity index (χ4n) is 1.26. The highest BCUT2D eigenvalue weighted by molar-refractivity contribution is 8.00. The number of thioether (sulfide) groups is 2. The number of hydrogen-bond acceptors (Lipinski definition) is 4. The molecule has 4 nitrogen and oxygen atoms in total. The van der Waals surface area contributed by atoms with Crippen molar-refractivity contribution < 1.29 is 9.53 Å². The highest BCUT2D eigenvalue weighted by atomic mass is 32.2. The van der Waals surface area contributed by atoms with Crippen LogP contribution in [0.1, 0.15) is 0 Å². The lowest BCUT2D eigenvalue weighted by Gasteiger charge is -2.39. The minimum absolute atomic E-state index is 0.0590. The van der Waals surface area contributed by atoms with E-state index in [1.54, 1.807) is 28.4 Å². The van der Waals surface area contributed by atoms with E-state index in [2.05, 4.69) is 0 Å². The monoisotopic (exact) mass is 222 g/mol. The van der Waals surface area contributed by atoms with Gasteiger partial charge in [0.25, 0.3) is 0 Å². The second-order valence-corrected chi connectivity index (χ2v) is 4.69. The number of urea groups is 1. The number of nitrogens with two attached hydrogens (primary N) is 1. The molecule has 1 aliphatic heterocycles. The molecule has 0 aromatic heterocycles. The van der Waals surface area contributed by atoms with Gasteiger partial charge in [0.1, 0.15) is 10.7 Å². The Hall–Kier alpha value is -0.0700. The minimum Gasteiger partial charge on any atom is -0.375 e. The maximum Gasteiger partial charge on any atom is 0.316 e. The van der Waals surface area contributed by atoms with Crippen molar-refractivity contribution in [3.05, 3.63) is 0 Å². The number of ether oxygens (including phenoxy) is 1. The van der Waals surface area contributed by atoms with Crippen LogP contribution < -0.4 is 5.73 Å². The van der Waals surface area contributed by atoms with E-state index in [0.29, 0.717) is 13.2 Å². The van der Waals surface area contributed by atoms with E-state index in [9.17, 15) is 4.79 Å². The van der Waals surface area contributed by atoms with Gasteiger partial charge < -0.3 is 10.5 Å². The number of carbonyl (C=O) groups excluding carboxylic acids is 1. The molecule has 0 radical (unpaired) electrons. The van der Waals surface area contributed by atoms with Gasteiger partial charge in [0.05, 0.1) is 13.2 Å². The van der Waals surface area contributed by atoms with Crippen molar-refractivity contribution in [2.24, 2.45) is 5.73 Å². The predicted molar refractivity (Wildman–Crippen MR) is 56.8 cm³/mol. The summed E-state index contributed by atoms with van der Waals surface area (Å²) in [6.45, 7) is 1.14. The first-order valence-corrected chi connectivity index (χ1v) is 6.49. The normalized spacial score (nSPS) is 28.9. The van der Waals surface area contributed by atoms with Crippen LogP contribution in [0.15, 0.2) is 0 Å². The Balaban J connectivity index is 2.69. The molecule has 13 heavy (non-hydrogen) atoms. The van der Waals surface area contributed by atoms with Gasteiger partial charge in [-0.25, -0.2) is 4.79 Å². The lowest BCUT2D eigenvalue weighted by atomic mass is 10.4. The van der Waals surface area contributed by atoms with Crippen molar-refractivity contribution in [1.29, 1.82) is 0 Å². The summed E-state index contributed by atoms with van der Waals surface area (Å²) in [7, 11) is 0. The van der Waals surface area contributed by atoms with Crippen molar-refractivity contribution in [1.82, 2.24) is 4.90 Å². The minimum atomic E-state index is -0.359. The molecule has 1 heterocycles. The van der Waals surface area contributed by atoms with Gasteiger partial charge in [-0.05, 0) is 12.5 Å². The first-order valence-electron chi connectivity index (χ1n) is 3.91. The number of hydrogen-bond donors (Lipinski definition) is 1. The smallest absolute Gasteiger partial charge is 0.316 e. The Morgan fingerprint density at radius 1 is 1.38 bits per heavy atom. The predicted octanol–water partition coefficient (Wildman–Crippen LogP) is 0.776. The summed E-state index contributed by atoms with van der Waals surface area (Å²) in [5.74, 6) is 0. The third-order valence-corrected chi connectivity index (χ3v) is 3.75. The summed E-state index contributed by atoms with van der Waals surface area (Å²) in [6, 6.07) is -0.359. The molecule has 0 saturated carbocycles. The van der Waals surface area contributed by atoms with E-state index in [1.165, 1.54) is 0 Å². The van der Waals surface area contributed by atoms with Crippen LogP contribution in [0.2, 0.25) is 0 Å². The third-order valence-electron chi connectivity index (χ3n) is 1.94. The molecular formula is C7H14N2O2S2. The van der Waals surface area contributed by atoms with E-state index in [4.69, 9.17) is 10.5 Å².